The maximum absolute atomic E-state index is 11.1. The summed E-state index contributed by atoms with van der Waals surface area (Å²) in [4.78, 5) is 15.1. The largest absolute Gasteiger partial charge is 0.478 e. The van der Waals surface area contributed by atoms with Crippen LogP contribution in [0.25, 0.3) is 0 Å². The summed E-state index contributed by atoms with van der Waals surface area (Å²) in [6, 6.07) is 1.41. The average molecular weight is 251 g/mol. The Morgan fingerprint density at radius 3 is 3.17 bits per heavy atom. The fraction of sp³-hybridized carbons (Fsp3) is 0.500. The van der Waals surface area contributed by atoms with Gasteiger partial charge in [-0.3, -0.25) is 0 Å². The molecule has 18 heavy (non-hydrogen) atoms. The van der Waals surface area contributed by atoms with Crippen LogP contribution in [-0.4, -0.2) is 35.8 Å². The fourth-order valence-corrected chi connectivity index (χ4v) is 1.99. The van der Waals surface area contributed by atoms with Crippen molar-refractivity contribution >= 4 is 17.5 Å². The molecular formula is C12H17N3O3. The van der Waals surface area contributed by atoms with E-state index >= 15 is 0 Å². The van der Waals surface area contributed by atoms with Crippen LogP contribution in [0.1, 0.15) is 23.2 Å². The Morgan fingerprint density at radius 1 is 1.67 bits per heavy atom. The molecule has 1 unspecified atom stereocenters. The van der Waals surface area contributed by atoms with Crippen LogP contribution >= 0.6 is 0 Å². The van der Waals surface area contributed by atoms with Gasteiger partial charge >= 0.3 is 5.97 Å². The highest BCUT2D eigenvalue weighted by atomic mass is 16.5. The number of carbonyl (C=O) groups is 1. The lowest BCUT2D eigenvalue weighted by molar-refractivity contribution is 0.0594. The van der Waals surface area contributed by atoms with Crippen LogP contribution in [-0.2, 0) is 4.74 Å². The number of anilines is 2. The summed E-state index contributed by atoms with van der Waals surface area (Å²) in [5.41, 5.74) is 5.98. The molecule has 0 radical (unpaired) electrons. The summed E-state index contributed by atoms with van der Waals surface area (Å²) in [6.07, 6.45) is 3.59. The minimum Gasteiger partial charge on any atom is -0.478 e. The van der Waals surface area contributed by atoms with Gasteiger partial charge in [-0.2, -0.15) is 0 Å². The van der Waals surface area contributed by atoms with Gasteiger partial charge in [0.25, 0.3) is 0 Å². The van der Waals surface area contributed by atoms with Gasteiger partial charge in [-0.1, -0.05) is 0 Å². The van der Waals surface area contributed by atoms with Crippen molar-refractivity contribution in [1.29, 1.82) is 0 Å². The molecule has 4 N–H and O–H groups in total. The first-order chi connectivity index (χ1) is 8.66. The van der Waals surface area contributed by atoms with E-state index < -0.39 is 5.97 Å². The number of aromatic nitrogens is 1. The molecule has 1 aromatic rings. The summed E-state index contributed by atoms with van der Waals surface area (Å²) in [5.74, 6) is -0.265. The van der Waals surface area contributed by atoms with Gasteiger partial charge in [0, 0.05) is 13.2 Å². The molecule has 0 amide bonds. The van der Waals surface area contributed by atoms with Crippen LogP contribution in [0.4, 0.5) is 11.5 Å². The summed E-state index contributed by atoms with van der Waals surface area (Å²) < 4.78 is 5.37. The Bertz CT molecular complexity index is 431. The number of hydrogen-bond donors (Lipinski definition) is 3. The number of ether oxygens (including phenoxy) is 1. The lowest BCUT2D eigenvalue weighted by Crippen LogP contribution is -2.25. The number of nitrogens with two attached hydrogens (primary N) is 1. The average Bonchev–Trinajstić information content (AvgIpc) is 2.38. The fourth-order valence-electron chi connectivity index (χ4n) is 1.99. The summed E-state index contributed by atoms with van der Waals surface area (Å²) >= 11 is 0. The van der Waals surface area contributed by atoms with Crippen molar-refractivity contribution in [3.63, 3.8) is 0 Å². The van der Waals surface area contributed by atoms with E-state index in [-0.39, 0.29) is 5.56 Å². The third kappa shape index (κ3) is 3.10. The highest BCUT2D eigenvalue weighted by Crippen LogP contribution is 2.18. The van der Waals surface area contributed by atoms with Gasteiger partial charge in [0.1, 0.15) is 11.4 Å². The van der Waals surface area contributed by atoms with E-state index in [1.54, 1.807) is 0 Å². The van der Waals surface area contributed by atoms with Crippen LogP contribution in [0.2, 0.25) is 0 Å². The molecule has 1 saturated heterocycles. The van der Waals surface area contributed by atoms with Gasteiger partial charge in [0.2, 0.25) is 0 Å². The third-order valence-corrected chi connectivity index (χ3v) is 2.95. The number of rotatable bonds is 4. The van der Waals surface area contributed by atoms with Crippen LogP contribution in [0.5, 0.6) is 0 Å². The van der Waals surface area contributed by atoms with E-state index in [0.717, 1.165) is 19.4 Å². The Balaban J connectivity index is 2.01. The van der Waals surface area contributed by atoms with Gasteiger partial charge in [-0.05, 0) is 24.8 Å². The van der Waals surface area contributed by atoms with Crippen molar-refractivity contribution in [2.75, 3.05) is 30.8 Å². The van der Waals surface area contributed by atoms with E-state index in [9.17, 15) is 4.79 Å². The number of hydrogen-bond acceptors (Lipinski definition) is 5. The highest BCUT2D eigenvalue weighted by Gasteiger charge is 2.16. The first-order valence-corrected chi connectivity index (χ1v) is 5.97. The molecule has 0 spiro atoms. The van der Waals surface area contributed by atoms with Crippen LogP contribution in [0.15, 0.2) is 12.3 Å². The first kappa shape index (κ1) is 12.6. The molecule has 2 heterocycles. The normalized spacial score (nSPS) is 19.4. The molecule has 6 heteroatoms. The first-order valence-electron chi connectivity index (χ1n) is 5.97. The zero-order chi connectivity index (χ0) is 13.0. The molecule has 1 fully saturated rings. The van der Waals surface area contributed by atoms with Gasteiger partial charge < -0.3 is 20.9 Å². The summed E-state index contributed by atoms with van der Waals surface area (Å²) in [6.45, 7) is 2.19. The Labute approximate surface area is 105 Å². The minimum absolute atomic E-state index is 0.103. The van der Waals surface area contributed by atoms with Crippen molar-refractivity contribution in [2.24, 2.45) is 5.92 Å². The van der Waals surface area contributed by atoms with Crippen molar-refractivity contribution in [3.8, 4) is 0 Å². The summed E-state index contributed by atoms with van der Waals surface area (Å²) in [5, 5.41) is 12.1. The maximum Gasteiger partial charge on any atom is 0.339 e. The van der Waals surface area contributed by atoms with E-state index in [0.29, 0.717) is 30.6 Å². The topological polar surface area (TPSA) is 97.5 Å². The summed E-state index contributed by atoms with van der Waals surface area (Å²) in [7, 11) is 0. The third-order valence-electron chi connectivity index (χ3n) is 2.95. The number of nitrogen functional groups attached to an aromatic ring is 1. The number of nitrogens with zero attached hydrogens (tertiary/aromatic N) is 1. The lowest BCUT2D eigenvalue weighted by Gasteiger charge is -2.22. The van der Waals surface area contributed by atoms with Crippen molar-refractivity contribution in [1.82, 2.24) is 4.98 Å². The number of carboxylic acid groups (broad SMARTS) is 1. The molecular weight excluding hydrogens is 234 g/mol. The van der Waals surface area contributed by atoms with E-state index in [2.05, 4.69) is 10.3 Å². The standard InChI is InChI=1S/C12H17N3O3/c13-9-4-10(12(16)17)11(15-6-9)14-5-8-2-1-3-18-7-8/h4,6,8H,1-3,5,7,13H2,(H,14,15)(H,16,17). The van der Waals surface area contributed by atoms with Crippen molar-refractivity contribution < 1.29 is 14.6 Å². The molecule has 1 aliphatic heterocycles. The molecule has 0 aliphatic carbocycles. The highest BCUT2D eigenvalue weighted by molar-refractivity contribution is 5.94. The van der Waals surface area contributed by atoms with Gasteiger partial charge in [0.15, 0.2) is 0 Å². The van der Waals surface area contributed by atoms with Crippen molar-refractivity contribution in [3.05, 3.63) is 17.8 Å². The molecule has 0 bridgehead atoms. The number of nitrogens with one attached hydrogen (secondary N) is 1. The smallest absolute Gasteiger partial charge is 0.339 e. The molecule has 6 nitrogen and oxygen atoms in total. The second kappa shape index (κ2) is 5.68. The molecule has 2 rings (SSSR count). The zero-order valence-corrected chi connectivity index (χ0v) is 10.1. The van der Waals surface area contributed by atoms with Gasteiger partial charge in [0.05, 0.1) is 18.5 Å². The predicted molar refractivity (Wildman–Crippen MR) is 67.6 cm³/mol. The SMILES string of the molecule is Nc1cnc(NCC2CCCOC2)c(C(=O)O)c1. The quantitative estimate of drug-likeness (QED) is 0.744. The lowest BCUT2D eigenvalue weighted by atomic mass is 10.0. The van der Waals surface area contributed by atoms with Crippen LogP contribution in [0, 0.1) is 5.92 Å². The number of aromatic carboxylic acids is 1. The second-order valence-electron chi connectivity index (χ2n) is 4.43. The molecule has 98 valence electrons. The van der Waals surface area contributed by atoms with Crippen molar-refractivity contribution in [2.45, 2.75) is 12.8 Å². The second-order valence-corrected chi connectivity index (χ2v) is 4.43. The molecule has 1 aromatic heterocycles. The monoisotopic (exact) mass is 251 g/mol. The van der Waals surface area contributed by atoms with Gasteiger partial charge in [-0.15, -0.1) is 0 Å². The molecule has 0 aromatic carbocycles. The number of pyridine rings is 1. The Kier molecular flexibility index (Phi) is 3.99. The Morgan fingerprint density at radius 2 is 2.50 bits per heavy atom. The maximum atomic E-state index is 11.1. The van der Waals surface area contributed by atoms with E-state index in [1.165, 1.54) is 12.3 Å². The van der Waals surface area contributed by atoms with E-state index in [4.69, 9.17) is 15.6 Å². The predicted octanol–water partition coefficient (Wildman–Crippen LogP) is 1.20. The van der Waals surface area contributed by atoms with E-state index in [1.807, 2.05) is 0 Å². The number of carboxylic acids is 1. The molecule has 1 atom stereocenters. The van der Waals surface area contributed by atoms with Gasteiger partial charge in [-0.25, -0.2) is 9.78 Å². The zero-order valence-electron chi connectivity index (χ0n) is 10.1. The molecule has 0 saturated carbocycles. The Hall–Kier alpha value is -1.82. The van der Waals surface area contributed by atoms with Crippen LogP contribution in [0.3, 0.4) is 0 Å². The van der Waals surface area contributed by atoms with Crippen LogP contribution < -0.4 is 11.1 Å². The minimum atomic E-state index is -1.03. The molecule has 1 aliphatic rings.